The van der Waals surface area contributed by atoms with Crippen molar-refractivity contribution in [2.75, 3.05) is 13.2 Å². The Morgan fingerprint density at radius 3 is 1.78 bits per heavy atom. The molecule has 1 aliphatic rings. The summed E-state index contributed by atoms with van der Waals surface area (Å²) in [4.78, 5) is 0. The highest BCUT2D eigenvalue weighted by Gasteiger charge is 2.36. The van der Waals surface area contributed by atoms with Gasteiger partial charge in [0.05, 0.1) is 13.2 Å². The first-order valence-corrected chi connectivity index (χ1v) is 5.79. The van der Waals surface area contributed by atoms with Gasteiger partial charge in [0.1, 0.15) is 0 Å². The average molecular weight is 343 g/mol. The molecule has 0 unspecified atom stereocenters. The Bertz CT molecular complexity index is 97.7. The molecule has 1 heterocycles. The number of rotatable bonds is 0. The van der Waals surface area contributed by atoms with Gasteiger partial charge in [-0.2, -0.15) is 0 Å². The summed E-state index contributed by atoms with van der Waals surface area (Å²) in [6, 6.07) is 0. The molecule has 1 rings (SSSR count). The molecule has 1 fully saturated rings. The molecule has 2 nitrogen and oxygen atoms in total. The standard InChI is InChI=1S/C3H4Br3O2P/c4-3(5,6)9-7-1-2-8-9/h1-2H2. The minimum atomic E-state index is -0.836. The third-order valence-corrected chi connectivity index (χ3v) is 4.56. The molecule has 0 aliphatic carbocycles. The zero-order valence-corrected chi connectivity index (χ0v) is 9.96. The lowest BCUT2D eigenvalue weighted by Gasteiger charge is -2.16. The topological polar surface area (TPSA) is 18.5 Å². The highest BCUT2D eigenvalue weighted by atomic mass is 80.0. The van der Waals surface area contributed by atoms with E-state index in [4.69, 9.17) is 9.05 Å². The van der Waals surface area contributed by atoms with Crippen molar-refractivity contribution in [3.8, 4) is 0 Å². The quantitative estimate of drug-likeness (QED) is 0.497. The third kappa shape index (κ3) is 2.72. The van der Waals surface area contributed by atoms with Crippen LogP contribution in [0.1, 0.15) is 0 Å². The van der Waals surface area contributed by atoms with Gasteiger partial charge < -0.3 is 9.05 Å². The van der Waals surface area contributed by atoms with Crippen molar-refractivity contribution >= 4 is 56.2 Å². The van der Waals surface area contributed by atoms with Crippen LogP contribution in [0.3, 0.4) is 0 Å². The van der Waals surface area contributed by atoms with Gasteiger partial charge in [-0.15, -0.1) is 0 Å². The predicted octanol–water partition coefficient (Wildman–Crippen LogP) is 3.14. The molecule has 6 heteroatoms. The first-order valence-electron chi connectivity index (χ1n) is 2.23. The van der Waals surface area contributed by atoms with Crippen molar-refractivity contribution in [3.63, 3.8) is 0 Å². The second kappa shape index (κ2) is 3.46. The van der Waals surface area contributed by atoms with E-state index in [9.17, 15) is 0 Å². The molecule has 0 bridgehead atoms. The SMILES string of the molecule is BrC(Br)(Br)P1OCCO1. The maximum atomic E-state index is 5.22. The minimum Gasteiger partial charge on any atom is -0.329 e. The lowest BCUT2D eigenvalue weighted by molar-refractivity contribution is 0.365. The van der Waals surface area contributed by atoms with Gasteiger partial charge in [0.25, 0.3) is 0 Å². The van der Waals surface area contributed by atoms with Gasteiger partial charge in [0.2, 0.25) is 10.3 Å². The Kier molecular flexibility index (Phi) is 3.41. The fourth-order valence-electron chi connectivity index (χ4n) is 0.424. The van der Waals surface area contributed by atoms with Gasteiger partial charge >= 0.3 is 0 Å². The van der Waals surface area contributed by atoms with E-state index in [1.54, 1.807) is 0 Å². The highest BCUT2D eigenvalue weighted by Crippen LogP contribution is 2.64. The van der Waals surface area contributed by atoms with Crippen molar-refractivity contribution in [2.45, 2.75) is 1.88 Å². The van der Waals surface area contributed by atoms with Gasteiger partial charge in [-0.3, -0.25) is 0 Å². The van der Waals surface area contributed by atoms with Crippen molar-refractivity contribution in [1.29, 1.82) is 0 Å². The van der Waals surface area contributed by atoms with Crippen molar-refractivity contribution in [2.24, 2.45) is 0 Å². The molecule has 0 atom stereocenters. The molecule has 0 radical (unpaired) electrons. The lowest BCUT2D eigenvalue weighted by atomic mass is 10.8. The van der Waals surface area contributed by atoms with Crippen LogP contribution < -0.4 is 0 Å². The van der Waals surface area contributed by atoms with Gasteiger partial charge in [-0.05, 0) is 47.8 Å². The Labute approximate surface area is 80.0 Å². The number of alkyl halides is 3. The van der Waals surface area contributed by atoms with Gasteiger partial charge in [0.15, 0.2) is 0 Å². The molecular weight excluding hydrogens is 339 g/mol. The molecule has 0 saturated carbocycles. The lowest BCUT2D eigenvalue weighted by Crippen LogP contribution is -1.95. The van der Waals surface area contributed by atoms with E-state index >= 15 is 0 Å². The van der Waals surface area contributed by atoms with E-state index in [1.807, 2.05) is 0 Å². The van der Waals surface area contributed by atoms with Gasteiger partial charge in [-0.25, -0.2) is 0 Å². The van der Waals surface area contributed by atoms with Crippen LogP contribution in [0.25, 0.3) is 0 Å². The second-order valence-corrected chi connectivity index (χ2v) is 11.7. The van der Waals surface area contributed by atoms with Crippen LogP contribution in [0.15, 0.2) is 0 Å². The summed E-state index contributed by atoms with van der Waals surface area (Å²) in [5.74, 6) is 0. The largest absolute Gasteiger partial charge is 0.329 e. The maximum absolute atomic E-state index is 5.22. The van der Waals surface area contributed by atoms with Crippen LogP contribution in [-0.4, -0.2) is 15.1 Å². The first kappa shape index (κ1) is 8.88. The van der Waals surface area contributed by atoms with Gasteiger partial charge in [0, 0.05) is 0 Å². The second-order valence-electron chi connectivity index (χ2n) is 1.39. The summed E-state index contributed by atoms with van der Waals surface area (Å²) in [5, 5.41) is 0. The summed E-state index contributed by atoms with van der Waals surface area (Å²) < 4.78 is 10.1. The zero-order valence-electron chi connectivity index (χ0n) is 4.31. The molecular formula is C3H4Br3O2P. The first-order chi connectivity index (χ1) is 4.11. The summed E-state index contributed by atoms with van der Waals surface area (Å²) in [5.41, 5.74) is 0. The summed E-state index contributed by atoms with van der Waals surface area (Å²) in [6.07, 6.45) is 0. The van der Waals surface area contributed by atoms with E-state index < -0.39 is 8.38 Å². The molecule has 1 aliphatic heterocycles. The molecule has 9 heavy (non-hydrogen) atoms. The molecule has 0 spiro atoms. The van der Waals surface area contributed by atoms with Crippen LogP contribution in [0, 0.1) is 0 Å². The number of hydrogen-bond donors (Lipinski definition) is 0. The van der Waals surface area contributed by atoms with E-state index in [2.05, 4.69) is 47.8 Å². The number of halogens is 3. The molecule has 0 N–H and O–H groups in total. The van der Waals surface area contributed by atoms with Crippen LogP contribution in [0.5, 0.6) is 0 Å². The highest BCUT2D eigenvalue weighted by molar-refractivity contribution is 9.41. The molecule has 0 aromatic rings. The van der Waals surface area contributed by atoms with E-state index in [-0.39, 0.29) is 1.88 Å². The predicted molar refractivity (Wildman–Crippen MR) is 48.3 cm³/mol. The monoisotopic (exact) mass is 340 g/mol. The van der Waals surface area contributed by atoms with Crippen LogP contribution in [0.2, 0.25) is 0 Å². The van der Waals surface area contributed by atoms with Crippen LogP contribution >= 0.6 is 56.2 Å². The normalized spacial score (nSPS) is 23.0. The molecule has 54 valence electrons. The Balaban J connectivity index is 2.42. The molecule has 0 aromatic carbocycles. The van der Waals surface area contributed by atoms with E-state index in [0.717, 1.165) is 0 Å². The number of hydrogen-bond acceptors (Lipinski definition) is 2. The summed E-state index contributed by atoms with van der Waals surface area (Å²) >= 11 is 9.95. The van der Waals surface area contributed by atoms with E-state index in [0.29, 0.717) is 13.2 Å². The third-order valence-electron chi connectivity index (χ3n) is 0.707. The molecule has 0 aromatic heterocycles. The van der Waals surface area contributed by atoms with Crippen molar-refractivity contribution in [3.05, 3.63) is 0 Å². The Morgan fingerprint density at radius 1 is 1.11 bits per heavy atom. The Morgan fingerprint density at radius 2 is 1.56 bits per heavy atom. The van der Waals surface area contributed by atoms with E-state index in [1.165, 1.54) is 0 Å². The van der Waals surface area contributed by atoms with Crippen molar-refractivity contribution < 1.29 is 9.05 Å². The average Bonchev–Trinajstić information content (AvgIpc) is 2.08. The summed E-state index contributed by atoms with van der Waals surface area (Å²) in [7, 11) is -0.836. The fourth-order valence-corrected chi connectivity index (χ4v) is 3.11. The summed E-state index contributed by atoms with van der Waals surface area (Å²) in [6.45, 7) is 1.38. The smallest absolute Gasteiger partial charge is 0.211 e. The van der Waals surface area contributed by atoms with Crippen molar-refractivity contribution in [1.82, 2.24) is 0 Å². The molecule has 1 saturated heterocycles. The maximum Gasteiger partial charge on any atom is 0.211 e. The fraction of sp³-hybridized carbons (Fsp3) is 1.00. The minimum absolute atomic E-state index is 0.362. The Hall–Kier alpha value is 1.79. The molecule has 0 amide bonds. The zero-order chi connectivity index (χ0) is 6.91. The van der Waals surface area contributed by atoms with Crippen LogP contribution in [0.4, 0.5) is 0 Å². The van der Waals surface area contributed by atoms with Gasteiger partial charge in [-0.1, -0.05) is 0 Å². The van der Waals surface area contributed by atoms with Crippen LogP contribution in [-0.2, 0) is 9.05 Å².